The van der Waals surface area contributed by atoms with E-state index in [-0.39, 0.29) is 5.91 Å². The number of carbonyl (C=O) groups is 1. The van der Waals surface area contributed by atoms with Gasteiger partial charge in [-0.3, -0.25) is 4.79 Å². The zero-order chi connectivity index (χ0) is 18.5. The van der Waals surface area contributed by atoms with Crippen LogP contribution in [0.1, 0.15) is 17.5 Å². The first kappa shape index (κ1) is 17.7. The van der Waals surface area contributed by atoms with Gasteiger partial charge in [-0.15, -0.1) is 0 Å². The Labute approximate surface area is 162 Å². The molecular formula is C21H21N3O2S. The molecule has 0 saturated heterocycles. The van der Waals surface area contributed by atoms with Gasteiger partial charge in [0.05, 0.1) is 12.3 Å². The van der Waals surface area contributed by atoms with Crippen LogP contribution in [0, 0.1) is 0 Å². The molecule has 1 amide bonds. The van der Waals surface area contributed by atoms with Crippen LogP contribution in [0.3, 0.4) is 0 Å². The van der Waals surface area contributed by atoms with E-state index in [2.05, 4.69) is 34.7 Å². The standard InChI is InChI=1S/C21H21N3O2S/c25-21-9-4-17-14-19(7-8-20(17)23-21)26-12-13-27-15-16-2-5-18(6-3-16)24-11-1-10-22-24/h1-3,5-8,10-11,14H,4,9,12-13,15H2,(H,23,25). The highest BCUT2D eigenvalue weighted by Crippen LogP contribution is 2.27. The lowest BCUT2D eigenvalue weighted by Gasteiger charge is -2.17. The molecule has 3 aromatic rings. The van der Waals surface area contributed by atoms with Crippen LogP contribution < -0.4 is 10.1 Å². The monoisotopic (exact) mass is 379 g/mol. The number of rotatable bonds is 7. The van der Waals surface area contributed by atoms with Gasteiger partial charge >= 0.3 is 0 Å². The summed E-state index contributed by atoms with van der Waals surface area (Å²) in [6, 6.07) is 16.3. The van der Waals surface area contributed by atoms with Gasteiger partial charge in [0.25, 0.3) is 0 Å². The van der Waals surface area contributed by atoms with Gasteiger partial charge in [-0.25, -0.2) is 4.68 Å². The van der Waals surface area contributed by atoms with Gasteiger partial charge in [-0.2, -0.15) is 16.9 Å². The fourth-order valence-corrected chi connectivity index (χ4v) is 3.80. The molecule has 4 rings (SSSR count). The molecule has 2 aromatic carbocycles. The molecular weight excluding hydrogens is 358 g/mol. The van der Waals surface area contributed by atoms with Crippen molar-refractivity contribution in [1.82, 2.24) is 9.78 Å². The molecule has 0 spiro atoms. The van der Waals surface area contributed by atoms with E-state index in [1.165, 1.54) is 5.56 Å². The van der Waals surface area contributed by atoms with Crippen LogP contribution in [-0.4, -0.2) is 28.0 Å². The molecule has 0 saturated carbocycles. The van der Waals surface area contributed by atoms with Gasteiger partial charge in [-0.05, 0) is 53.9 Å². The van der Waals surface area contributed by atoms with Gasteiger partial charge in [-0.1, -0.05) is 12.1 Å². The van der Waals surface area contributed by atoms with E-state index >= 15 is 0 Å². The molecule has 2 heterocycles. The highest BCUT2D eigenvalue weighted by atomic mass is 32.2. The Morgan fingerprint density at radius 3 is 2.85 bits per heavy atom. The summed E-state index contributed by atoms with van der Waals surface area (Å²) in [5, 5.41) is 7.13. The number of nitrogens with zero attached hydrogens (tertiary/aromatic N) is 2. The third-order valence-electron chi connectivity index (χ3n) is 4.44. The van der Waals surface area contributed by atoms with Crippen LogP contribution in [0.15, 0.2) is 60.9 Å². The molecule has 6 heteroatoms. The predicted molar refractivity (Wildman–Crippen MR) is 109 cm³/mol. The molecule has 0 radical (unpaired) electrons. The number of aromatic nitrogens is 2. The number of aryl methyl sites for hydroxylation is 1. The van der Waals surface area contributed by atoms with Crippen molar-refractivity contribution in [1.29, 1.82) is 0 Å². The Kier molecular flexibility index (Phi) is 5.44. The number of thioether (sulfide) groups is 1. The molecule has 1 aromatic heterocycles. The third kappa shape index (κ3) is 4.52. The number of ether oxygens (including phenoxy) is 1. The van der Waals surface area contributed by atoms with Gasteiger partial charge in [0.1, 0.15) is 5.75 Å². The molecule has 1 N–H and O–H groups in total. The summed E-state index contributed by atoms with van der Waals surface area (Å²) in [4.78, 5) is 11.4. The maximum absolute atomic E-state index is 11.4. The number of amides is 1. The first-order chi connectivity index (χ1) is 13.3. The Bertz CT molecular complexity index is 908. The third-order valence-corrected chi connectivity index (χ3v) is 5.44. The van der Waals surface area contributed by atoms with Crippen LogP contribution in [0.25, 0.3) is 5.69 Å². The molecule has 138 valence electrons. The quantitative estimate of drug-likeness (QED) is 0.629. The van der Waals surface area contributed by atoms with Crippen molar-refractivity contribution < 1.29 is 9.53 Å². The van der Waals surface area contributed by atoms with Crippen molar-refractivity contribution in [3.63, 3.8) is 0 Å². The van der Waals surface area contributed by atoms with Gasteiger partial charge in [0, 0.05) is 36.0 Å². The average Bonchev–Trinajstić information content (AvgIpc) is 3.23. The molecule has 5 nitrogen and oxygen atoms in total. The summed E-state index contributed by atoms with van der Waals surface area (Å²) >= 11 is 1.85. The summed E-state index contributed by atoms with van der Waals surface area (Å²) in [7, 11) is 0. The normalized spacial score (nSPS) is 13.1. The van der Waals surface area contributed by atoms with E-state index in [1.54, 1.807) is 6.20 Å². The fourth-order valence-electron chi connectivity index (χ4n) is 3.02. The molecule has 1 aliphatic rings. The Morgan fingerprint density at radius 2 is 2.04 bits per heavy atom. The maximum atomic E-state index is 11.4. The lowest BCUT2D eigenvalue weighted by Crippen LogP contribution is -2.18. The lowest BCUT2D eigenvalue weighted by atomic mass is 10.0. The summed E-state index contributed by atoms with van der Waals surface area (Å²) in [5.74, 6) is 2.84. The van der Waals surface area contributed by atoms with Crippen LogP contribution >= 0.6 is 11.8 Å². The SMILES string of the molecule is O=C1CCc2cc(OCCSCc3ccc(-n4cccn4)cc3)ccc2N1. The Hall–Kier alpha value is -2.73. The second-order valence-corrected chi connectivity index (χ2v) is 7.49. The predicted octanol–water partition coefficient (Wildman–Crippen LogP) is 4.07. The summed E-state index contributed by atoms with van der Waals surface area (Å²) in [5.41, 5.74) is 4.42. The molecule has 0 aliphatic carbocycles. The highest BCUT2D eigenvalue weighted by Gasteiger charge is 2.14. The topological polar surface area (TPSA) is 56.2 Å². The van der Waals surface area contributed by atoms with Crippen molar-refractivity contribution in [2.45, 2.75) is 18.6 Å². The summed E-state index contributed by atoms with van der Waals surface area (Å²) < 4.78 is 7.72. The van der Waals surface area contributed by atoms with Gasteiger partial charge < -0.3 is 10.1 Å². The van der Waals surface area contributed by atoms with Gasteiger partial charge in [0.15, 0.2) is 0 Å². The van der Waals surface area contributed by atoms with Gasteiger partial charge in [0.2, 0.25) is 5.91 Å². The largest absolute Gasteiger partial charge is 0.493 e. The minimum absolute atomic E-state index is 0.0882. The average molecular weight is 379 g/mol. The number of carbonyl (C=O) groups excluding carboxylic acids is 1. The fraction of sp³-hybridized carbons (Fsp3) is 0.238. The first-order valence-corrected chi connectivity index (χ1v) is 10.2. The number of nitrogens with one attached hydrogen (secondary N) is 1. The minimum Gasteiger partial charge on any atom is -0.493 e. The molecule has 1 aliphatic heterocycles. The van der Waals surface area contributed by atoms with Crippen LogP contribution in [0.4, 0.5) is 5.69 Å². The van der Waals surface area contributed by atoms with Crippen molar-refractivity contribution in [2.24, 2.45) is 0 Å². The minimum atomic E-state index is 0.0882. The maximum Gasteiger partial charge on any atom is 0.224 e. The number of benzene rings is 2. The van der Waals surface area contributed by atoms with Crippen molar-refractivity contribution in [3.05, 3.63) is 72.1 Å². The van der Waals surface area contributed by atoms with Crippen molar-refractivity contribution >= 4 is 23.4 Å². The number of fused-ring (bicyclic) bond motifs is 1. The summed E-state index contributed by atoms with van der Waals surface area (Å²) in [6.07, 6.45) is 5.05. The van der Waals surface area contributed by atoms with Crippen LogP contribution in [0.5, 0.6) is 5.75 Å². The Balaban J connectivity index is 1.21. The van der Waals surface area contributed by atoms with Crippen molar-refractivity contribution in [2.75, 3.05) is 17.7 Å². The summed E-state index contributed by atoms with van der Waals surface area (Å²) in [6.45, 7) is 0.668. The van der Waals surface area contributed by atoms with E-state index < -0.39 is 0 Å². The number of anilines is 1. The highest BCUT2D eigenvalue weighted by molar-refractivity contribution is 7.98. The number of hydrogen-bond acceptors (Lipinski definition) is 4. The smallest absolute Gasteiger partial charge is 0.224 e. The Morgan fingerprint density at radius 1 is 1.15 bits per heavy atom. The molecule has 0 atom stereocenters. The lowest BCUT2D eigenvalue weighted by molar-refractivity contribution is -0.116. The molecule has 0 bridgehead atoms. The zero-order valence-corrected chi connectivity index (χ0v) is 15.7. The molecule has 27 heavy (non-hydrogen) atoms. The van der Waals surface area contributed by atoms with Crippen molar-refractivity contribution in [3.8, 4) is 11.4 Å². The second-order valence-electron chi connectivity index (χ2n) is 6.39. The number of hydrogen-bond donors (Lipinski definition) is 1. The van der Waals surface area contributed by atoms with Crippen LogP contribution in [0.2, 0.25) is 0 Å². The van der Waals surface area contributed by atoms with E-state index in [1.807, 2.05) is 46.9 Å². The van der Waals surface area contributed by atoms with Crippen LogP contribution in [-0.2, 0) is 17.0 Å². The van der Waals surface area contributed by atoms with E-state index in [0.29, 0.717) is 13.0 Å². The van der Waals surface area contributed by atoms with E-state index in [4.69, 9.17) is 4.74 Å². The molecule has 0 unspecified atom stereocenters. The van der Waals surface area contributed by atoms with E-state index in [9.17, 15) is 4.79 Å². The molecule has 0 fully saturated rings. The first-order valence-electron chi connectivity index (χ1n) is 9.00. The zero-order valence-electron chi connectivity index (χ0n) is 14.9. The second kappa shape index (κ2) is 8.31. The van der Waals surface area contributed by atoms with E-state index in [0.717, 1.165) is 40.6 Å².